The number of aliphatic carboxylic acids is 2. The Kier molecular flexibility index (Phi) is 10.1. The molecule has 0 bridgehead atoms. The molecule has 0 rings (SSSR count). The van der Waals surface area contributed by atoms with Crippen molar-refractivity contribution in [1.82, 2.24) is 5.32 Å². The van der Waals surface area contributed by atoms with Gasteiger partial charge in [0.05, 0.1) is 6.61 Å². The third kappa shape index (κ3) is 9.09. The quantitative estimate of drug-likeness (QED) is 0.291. The summed E-state index contributed by atoms with van der Waals surface area (Å²) >= 11 is 0. The molecule has 0 aliphatic heterocycles. The van der Waals surface area contributed by atoms with Crippen molar-refractivity contribution in [3.63, 3.8) is 0 Å². The van der Waals surface area contributed by atoms with E-state index in [1.54, 1.807) is 7.05 Å². The van der Waals surface area contributed by atoms with E-state index in [4.69, 9.17) is 25.5 Å². The minimum atomic E-state index is -2.27. The first-order chi connectivity index (χ1) is 6.88. The van der Waals surface area contributed by atoms with Gasteiger partial charge in [0.1, 0.15) is 0 Å². The summed E-state index contributed by atoms with van der Waals surface area (Å²) in [6, 6.07) is 0. The highest BCUT2D eigenvalue weighted by molar-refractivity contribution is 5.82. The van der Waals surface area contributed by atoms with Crippen LogP contribution in [0.1, 0.15) is 0 Å². The standard InChI is InChI=1S/C4H6O6.C3H9NO/c5-1(3(7)8)2(6)4(9)10;1-4-2-3-5/h1-2,5-6H,(H,7,8)(H,9,10);4-5H,2-3H2,1H3. The zero-order valence-corrected chi connectivity index (χ0v) is 8.12. The average Bonchev–Trinajstić information content (AvgIpc) is 2.17. The van der Waals surface area contributed by atoms with E-state index in [0.717, 1.165) is 0 Å². The summed E-state index contributed by atoms with van der Waals surface area (Å²) in [4.78, 5) is 19.5. The molecule has 0 aromatic heterocycles. The van der Waals surface area contributed by atoms with Gasteiger partial charge in [0.2, 0.25) is 0 Å². The number of nitrogens with one attached hydrogen (secondary N) is 1. The van der Waals surface area contributed by atoms with Gasteiger partial charge in [-0.2, -0.15) is 0 Å². The second-order valence-electron chi connectivity index (χ2n) is 2.39. The first-order valence-corrected chi connectivity index (χ1v) is 3.95. The lowest BCUT2D eigenvalue weighted by Gasteiger charge is -2.07. The smallest absolute Gasteiger partial charge is 0.335 e. The Balaban J connectivity index is 0. The van der Waals surface area contributed by atoms with E-state index < -0.39 is 24.1 Å². The minimum Gasteiger partial charge on any atom is -0.479 e. The van der Waals surface area contributed by atoms with Crippen molar-refractivity contribution < 1.29 is 35.1 Å². The first kappa shape index (κ1) is 16.2. The summed E-state index contributed by atoms with van der Waals surface area (Å²) in [5.41, 5.74) is 0. The molecule has 8 nitrogen and oxygen atoms in total. The summed E-state index contributed by atoms with van der Waals surface area (Å²) < 4.78 is 0. The van der Waals surface area contributed by atoms with Crippen LogP contribution in [0.4, 0.5) is 0 Å². The molecule has 2 atom stereocenters. The van der Waals surface area contributed by atoms with E-state index in [9.17, 15) is 9.59 Å². The Hall–Kier alpha value is -1.22. The van der Waals surface area contributed by atoms with Gasteiger partial charge >= 0.3 is 11.9 Å². The van der Waals surface area contributed by atoms with E-state index in [-0.39, 0.29) is 6.61 Å². The van der Waals surface area contributed by atoms with Gasteiger partial charge in [0.15, 0.2) is 12.2 Å². The number of carboxylic acids is 2. The molecule has 0 heterocycles. The normalized spacial score (nSPS) is 13.3. The number of carbonyl (C=O) groups is 2. The second kappa shape index (κ2) is 9.34. The van der Waals surface area contributed by atoms with Crippen LogP contribution in [-0.4, -0.2) is 69.9 Å². The fourth-order valence-electron chi connectivity index (χ4n) is 0.382. The lowest BCUT2D eigenvalue weighted by atomic mass is 10.2. The summed E-state index contributed by atoms with van der Waals surface area (Å²) in [6.07, 6.45) is -4.53. The third-order valence-corrected chi connectivity index (χ3v) is 1.17. The molecule has 0 aromatic rings. The molecule has 0 fully saturated rings. The number of likely N-dealkylation sites (N-methyl/N-ethyl adjacent to an activating group) is 1. The number of hydrogen-bond acceptors (Lipinski definition) is 6. The molecular weight excluding hydrogens is 210 g/mol. The fraction of sp³-hybridized carbons (Fsp3) is 0.714. The lowest BCUT2D eigenvalue weighted by Crippen LogP contribution is -2.39. The highest BCUT2D eigenvalue weighted by Gasteiger charge is 2.29. The van der Waals surface area contributed by atoms with Crippen molar-refractivity contribution in [3.05, 3.63) is 0 Å². The van der Waals surface area contributed by atoms with Crippen molar-refractivity contribution in [2.24, 2.45) is 0 Å². The molecule has 0 saturated carbocycles. The predicted molar refractivity (Wildman–Crippen MR) is 48.3 cm³/mol. The van der Waals surface area contributed by atoms with Gasteiger partial charge in [-0.15, -0.1) is 0 Å². The molecule has 0 spiro atoms. The first-order valence-electron chi connectivity index (χ1n) is 3.95. The Morgan fingerprint density at radius 1 is 1.13 bits per heavy atom. The van der Waals surface area contributed by atoms with Gasteiger partial charge in [-0.1, -0.05) is 0 Å². The van der Waals surface area contributed by atoms with E-state index >= 15 is 0 Å². The van der Waals surface area contributed by atoms with Gasteiger partial charge in [0.25, 0.3) is 0 Å². The summed E-state index contributed by atoms with van der Waals surface area (Å²) in [6.45, 7) is 0.927. The van der Waals surface area contributed by atoms with Crippen LogP contribution in [0.25, 0.3) is 0 Å². The van der Waals surface area contributed by atoms with Gasteiger partial charge in [-0.05, 0) is 7.05 Å². The van der Waals surface area contributed by atoms with E-state index in [1.807, 2.05) is 0 Å². The van der Waals surface area contributed by atoms with Crippen LogP contribution in [0.2, 0.25) is 0 Å². The Labute approximate surface area is 85.8 Å². The number of hydrogen-bond donors (Lipinski definition) is 6. The minimum absolute atomic E-state index is 0.233. The molecule has 0 radical (unpaired) electrons. The van der Waals surface area contributed by atoms with Crippen LogP contribution in [0.5, 0.6) is 0 Å². The van der Waals surface area contributed by atoms with Gasteiger partial charge in [0, 0.05) is 6.54 Å². The topological polar surface area (TPSA) is 147 Å². The van der Waals surface area contributed by atoms with Crippen LogP contribution >= 0.6 is 0 Å². The largest absolute Gasteiger partial charge is 0.479 e. The maximum Gasteiger partial charge on any atom is 0.335 e. The SMILES string of the molecule is CNCCO.O=C(O)C(O)C(O)C(=O)O. The number of aliphatic hydroxyl groups is 3. The van der Waals surface area contributed by atoms with Crippen LogP contribution in [0.15, 0.2) is 0 Å². The molecule has 6 N–H and O–H groups in total. The van der Waals surface area contributed by atoms with Crippen LogP contribution < -0.4 is 5.32 Å². The van der Waals surface area contributed by atoms with Crippen molar-refractivity contribution >= 4 is 11.9 Å². The third-order valence-electron chi connectivity index (χ3n) is 1.17. The van der Waals surface area contributed by atoms with E-state index in [0.29, 0.717) is 6.54 Å². The molecule has 2 unspecified atom stereocenters. The van der Waals surface area contributed by atoms with Crippen molar-refractivity contribution in [2.45, 2.75) is 12.2 Å². The fourth-order valence-corrected chi connectivity index (χ4v) is 0.382. The van der Waals surface area contributed by atoms with E-state index in [2.05, 4.69) is 5.32 Å². The molecule has 0 aromatic carbocycles. The summed E-state index contributed by atoms with van der Waals surface area (Å²) in [5, 5.41) is 43.3. The van der Waals surface area contributed by atoms with Gasteiger partial charge in [-0.3, -0.25) is 0 Å². The summed E-state index contributed by atoms with van der Waals surface area (Å²) in [5.74, 6) is -3.54. The Morgan fingerprint density at radius 2 is 1.47 bits per heavy atom. The Bertz CT molecular complexity index is 176. The zero-order valence-electron chi connectivity index (χ0n) is 8.12. The van der Waals surface area contributed by atoms with Gasteiger partial charge in [-0.25, -0.2) is 9.59 Å². The number of aliphatic hydroxyl groups excluding tert-OH is 3. The maximum atomic E-state index is 9.77. The Morgan fingerprint density at radius 3 is 1.53 bits per heavy atom. The van der Waals surface area contributed by atoms with Crippen LogP contribution in [0, 0.1) is 0 Å². The number of rotatable bonds is 5. The molecule has 0 saturated heterocycles. The summed E-state index contributed by atoms with van der Waals surface area (Å²) in [7, 11) is 1.80. The van der Waals surface area contributed by atoms with Crippen LogP contribution in [-0.2, 0) is 9.59 Å². The monoisotopic (exact) mass is 225 g/mol. The maximum absolute atomic E-state index is 9.77. The van der Waals surface area contributed by atoms with Gasteiger partial charge < -0.3 is 30.8 Å². The molecule has 0 aliphatic rings. The second-order valence-corrected chi connectivity index (χ2v) is 2.39. The molecule has 0 amide bonds. The number of carboxylic acid groups (broad SMARTS) is 2. The van der Waals surface area contributed by atoms with Crippen molar-refractivity contribution in [1.29, 1.82) is 0 Å². The van der Waals surface area contributed by atoms with E-state index in [1.165, 1.54) is 0 Å². The van der Waals surface area contributed by atoms with Crippen molar-refractivity contribution in [3.8, 4) is 0 Å². The highest BCUT2D eigenvalue weighted by atomic mass is 16.4. The molecule has 0 aliphatic carbocycles. The average molecular weight is 225 g/mol. The highest BCUT2D eigenvalue weighted by Crippen LogP contribution is 1.92. The predicted octanol–water partition coefficient (Wildman–Crippen LogP) is -2.92. The molecule has 15 heavy (non-hydrogen) atoms. The van der Waals surface area contributed by atoms with Crippen molar-refractivity contribution in [2.75, 3.05) is 20.2 Å². The zero-order chi connectivity index (χ0) is 12.4. The lowest BCUT2D eigenvalue weighted by molar-refractivity contribution is -0.165. The molecule has 90 valence electrons. The molecule has 8 heteroatoms. The van der Waals surface area contributed by atoms with Crippen LogP contribution in [0.3, 0.4) is 0 Å². The molecular formula is C7H15NO7.